The van der Waals surface area contributed by atoms with Crippen LogP contribution in [0.2, 0.25) is 0 Å². The molecule has 1 amide bonds. The predicted molar refractivity (Wildman–Crippen MR) is 69.3 cm³/mol. The number of hydrogen-bond acceptors (Lipinski definition) is 3. The van der Waals surface area contributed by atoms with Crippen LogP contribution in [-0.2, 0) is 4.74 Å². The Kier molecular flexibility index (Phi) is 3.34. The van der Waals surface area contributed by atoms with E-state index >= 15 is 0 Å². The summed E-state index contributed by atoms with van der Waals surface area (Å²) in [5.41, 5.74) is -0.376. The molecule has 2 rings (SSSR count). The number of nitrogens with zero attached hydrogens (tertiary/aromatic N) is 1. The lowest BCUT2D eigenvalue weighted by Crippen LogP contribution is -2.47. The van der Waals surface area contributed by atoms with Crippen LogP contribution in [0.25, 0.3) is 0 Å². The van der Waals surface area contributed by atoms with E-state index in [9.17, 15) is 9.90 Å². The summed E-state index contributed by atoms with van der Waals surface area (Å²) in [6, 6.07) is 0.232. The lowest BCUT2D eigenvalue weighted by atomic mass is 9.71. The molecule has 2 fully saturated rings. The SMILES string of the molecule is CC(C)(C)OC(=O)N1CC[C@@]2(C)C[C@H](O)CC[C@@H]12. The topological polar surface area (TPSA) is 49.8 Å². The summed E-state index contributed by atoms with van der Waals surface area (Å²) in [7, 11) is 0. The second kappa shape index (κ2) is 4.41. The van der Waals surface area contributed by atoms with E-state index < -0.39 is 5.60 Å². The van der Waals surface area contributed by atoms with Gasteiger partial charge in [-0.25, -0.2) is 4.79 Å². The van der Waals surface area contributed by atoms with Crippen molar-refractivity contribution in [3.05, 3.63) is 0 Å². The van der Waals surface area contributed by atoms with Crippen molar-refractivity contribution in [2.75, 3.05) is 6.54 Å². The monoisotopic (exact) mass is 255 g/mol. The zero-order valence-corrected chi connectivity index (χ0v) is 11.9. The Morgan fingerprint density at radius 3 is 2.67 bits per heavy atom. The minimum Gasteiger partial charge on any atom is -0.444 e. The van der Waals surface area contributed by atoms with Gasteiger partial charge in [0.2, 0.25) is 0 Å². The number of fused-ring (bicyclic) bond motifs is 1. The molecule has 0 bridgehead atoms. The Balaban J connectivity index is 2.06. The molecule has 0 aromatic heterocycles. The van der Waals surface area contributed by atoms with Gasteiger partial charge in [0.05, 0.1) is 6.10 Å². The van der Waals surface area contributed by atoms with E-state index in [4.69, 9.17) is 4.74 Å². The summed E-state index contributed by atoms with van der Waals surface area (Å²) in [6.45, 7) is 8.62. The molecule has 2 aliphatic rings. The Bertz CT molecular complexity index is 336. The van der Waals surface area contributed by atoms with Crippen molar-refractivity contribution < 1.29 is 14.6 Å². The van der Waals surface area contributed by atoms with E-state index in [1.54, 1.807) is 0 Å². The molecular formula is C14H25NO3. The van der Waals surface area contributed by atoms with Gasteiger partial charge >= 0.3 is 6.09 Å². The largest absolute Gasteiger partial charge is 0.444 e. The first kappa shape index (κ1) is 13.7. The maximum atomic E-state index is 12.2. The molecule has 4 heteroatoms. The maximum Gasteiger partial charge on any atom is 0.410 e. The van der Waals surface area contributed by atoms with Gasteiger partial charge in [0.15, 0.2) is 0 Å². The molecule has 1 aliphatic heterocycles. The number of hydrogen-bond donors (Lipinski definition) is 1. The van der Waals surface area contributed by atoms with Crippen LogP contribution in [0, 0.1) is 5.41 Å². The number of carbonyl (C=O) groups excluding carboxylic acids is 1. The van der Waals surface area contributed by atoms with Crippen molar-refractivity contribution in [1.82, 2.24) is 4.90 Å². The van der Waals surface area contributed by atoms with Crippen molar-refractivity contribution in [2.45, 2.75) is 71.1 Å². The third-order valence-electron chi connectivity index (χ3n) is 4.21. The minimum absolute atomic E-state index is 0.0641. The van der Waals surface area contributed by atoms with Crippen LogP contribution < -0.4 is 0 Å². The van der Waals surface area contributed by atoms with E-state index in [0.29, 0.717) is 0 Å². The smallest absolute Gasteiger partial charge is 0.410 e. The van der Waals surface area contributed by atoms with Gasteiger partial charge in [0.25, 0.3) is 0 Å². The average Bonchev–Trinajstić information content (AvgIpc) is 2.51. The number of amides is 1. The number of rotatable bonds is 0. The molecule has 1 heterocycles. The Labute approximate surface area is 109 Å². The van der Waals surface area contributed by atoms with E-state index in [0.717, 1.165) is 32.2 Å². The van der Waals surface area contributed by atoms with Crippen LogP contribution >= 0.6 is 0 Å². The fraction of sp³-hybridized carbons (Fsp3) is 0.929. The van der Waals surface area contributed by atoms with Crippen molar-refractivity contribution in [3.8, 4) is 0 Å². The van der Waals surface area contributed by atoms with Gasteiger partial charge in [-0.2, -0.15) is 0 Å². The predicted octanol–water partition coefficient (Wildman–Crippen LogP) is 2.55. The second-order valence-corrected chi connectivity index (χ2v) is 7.03. The first-order valence-corrected chi connectivity index (χ1v) is 6.89. The van der Waals surface area contributed by atoms with Crippen LogP contribution in [0.5, 0.6) is 0 Å². The normalized spacial score (nSPS) is 36.4. The maximum absolute atomic E-state index is 12.2. The lowest BCUT2D eigenvalue weighted by molar-refractivity contribution is -0.00539. The molecule has 4 nitrogen and oxygen atoms in total. The molecule has 0 aromatic rings. The fourth-order valence-electron chi connectivity index (χ4n) is 3.35. The Morgan fingerprint density at radius 1 is 1.39 bits per heavy atom. The lowest BCUT2D eigenvalue weighted by Gasteiger charge is -2.41. The summed E-state index contributed by atoms with van der Waals surface area (Å²) in [5.74, 6) is 0. The highest BCUT2D eigenvalue weighted by molar-refractivity contribution is 5.69. The quantitative estimate of drug-likeness (QED) is 0.723. The van der Waals surface area contributed by atoms with Gasteiger partial charge in [-0.3, -0.25) is 0 Å². The number of likely N-dealkylation sites (tertiary alicyclic amines) is 1. The molecule has 3 atom stereocenters. The molecule has 0 aromatic carbocycles. The molecular weight excluding hydrogens is 230 g/mol. The van der Waals surface area contributed by atoms with Gasteiger partial charge in [-0.15, -0.1) is 0 Å². The van der Waals surface area contributed by atoms with Crippen LogP contribution in [0.4, 0.5) is 4.79 Å². The molecule has 0 radical (unpaired) electrons. The van der Waals surface area contributed by atoms with E-state index in [-0.39, 0.29) is 23.7 Å². The van der Waals surface area contributed by atoms with Gasteiger partial charge in [-0.05, 0) is 51.9 Å². The molecule has 1 N–H and O–H groups in total. The van der Waals surface area contributed by atoms with Gasteiger partial charge in [0, 0.05) is 12.6 Å². The molecule has 0 spiro atoms. The van der Waals surface area contributed by atoms with Crippen molar-refractivity contribution in [3.63, 3.8) is 0 Å². The first-order chi connectivity index (χ1) is 8.21. The zero-order valence-electron chi connectivity index (χ0n) is 11.9. The Morgan fingerprint density at radius 2 is 2.06 bits per heavy atom. The third-order valence-corrected chi connectivity index (χ3v) is 4.21. The summed E-state index contributed by atoms with van der Waals surface area (Å²) >= 11 is 0. The zero-order chi connectivity index (χ0) is 13.6. The minimum atomic E-state index is -0.440. The number of aliphatic hydroxyl groups excluding tert-OH is 1. The van der Waals surface area contributed by atoms with Gasteiger partial charge in [0.1, 0.15) is 5.60 Å². The van der Waals surface area contributed by atoms with Crippen LogP contribution in [0.3, 0.4) is 0 Å². The van der Waals surface area contributed by atoms with Crippen LogP contribution in [0.15, 0.2) is 0 Å². The highest BCUT2D eigenvalue weighted by atomic mass is 16.6. The molecule has 18 heavy (non-hydrogen) atoms. The van der Waals surface area contributed by atoms with Crippen LogP contribution in [-0.4, -0.2) is 40.4 Å². The number of ether oxygens (including phenoxy) is 1. The number of aliphatic hydroxyl groups is 1. The molecule has 104 valence electrons. The summed E-state index contributed by atoms with van der Waals surface area (Å²) in [4.78, 5) is 14.1. The summed E-state index contributed by atoms with van der Waals surface area (Å²) in [6.07, 6.45) is 3.04. The van der Waals surface area contributed by atoms with E-state index in [2.05, 4.69) is 6.92 Å². The highest BCUT2D eigenvalue weighted by Gasteiger charge is 2.49. The second-order valence-electron chi connectivity index (χ2n) is 7.03. The van der Waals surface area contributed by atoms with Gasteiger partial charge in [-0.1, -0.05) is 6.92 Å². The van der Waals surface area contributed by atoms with E-state index in [1.165, 1.54) is 0 Å². The van der Waals surface area contributed by atoms with E-state index in [1.807, 2.05) is 25.7 Å². The third kappa shape index (κ3) is 2.63. The standard InChI is InChI=1S/C14H25NO3/c1-13(2,3)18-12(17)15-8-7-14(4)9-10(16)5-6-11(14)15/h10-11,16H,5-9H2,1-4H3/t10-,11-,14+/m1/s1. The van der Waals surface area contributed by atoms with Crippen molar-refractivity contribution in [2.24, 2.45) is 5.41 Å². The first-order valence-electron chi connectivity index (χ1n) is 6.89. The van der Waals surface area contributed by atoms with Crippen LogP contribution in [0.1, 0.15) is 53.4 Å². The molecule has 1 saturated heterocycles. The Hall–Kier alpha value is -0.770. The van der Waals surface area contributed by atoms with Crippen molar-refractivity contribution in [1.29, 1.82) is 0 Å². The van der Waals surface area contributed by atoms with Crippen molar-refractivity contribution >= 4 is 6.09 Å². The van der Waals surface area contributed by atoms with Gasteiger partial charge < -0.3 is 14.7 Å². The fourth-order valence-corrected chi connectivity index (χ4v) is 3.35. The molecule has 1 aliphatic carbocycles. The average molecular weight is 255 g/mol. The number of carbonyl (C=O) groups is 1. The highest BCUT2D eigenvalue weighted by Crippen LogP contribution is 2.46. The molecule has 1 saturated carbocycles. The summed E-state index contributed by atoms with van der Waals surface area (Å²) < 4.78 is 5.47. The summed E-state index contributed by atoms with van der Waals surface area (Å²) in [5, 5.41) is 9.80. The molecule has 0 unspecified atom stereocenters.